The van der Waals surface area contributed by atoms with Crippen molar-refractivity contribution in [3.8, 4) is 0 Å². The second-order valence-corrected chi connectivity index (χ2v) is 6.26. The molecule has 0 saturated carbocycles. The molecule has 0 amide bonds. The summed E-state index contributed by atoms with van der Waals surface area (Å²) in [6, 6.07) is 0. The maximum atomic E-state index is 11.2. The number of rotatable bonds is 10. The highest BCUT2D eigenvalue weighted by atomic mass is 32.2. The minimum atomic E-state index is -2.83. The van der Waals surface area contributed by atoms with Crippen molar-refractivity contribution >= 4 is 9.84 Å². The summed E-state index contributed by atoms with van der Waals surface area (Å²) in [6.07, 6.45) is 0. The summed E-state index contributed by atoms with van der Waals surface area (Å²) >= 11 is 0. The van der Waals surface area contributed by atoms with Gasteiger partial charge in [0, 0.05) is 39.0 Å². The molecule has 16 heavy (non-hydrogen) atoms. The quantitative estimate of drug-likeness (QED) is 0.536. The average Bonchev–Trinajstić information content (AvgIpc) is 2.25. The van der Waals surface area contributed by atoms with Crippen LogP contribution in [0.25, 0.3) is 0 Å². The summed E-state index contributed by atoms with van der Waals surface area (Å²) in [5.74, 6) is 0.452. The summed E-state index contributed by atoms with van der Waals surface area (Å²) in [6.45, 7) is 5.53. The summed E-state index contributed by atoms with van der Waals surface area (Å²) < 4.78 is 27.3. The van der Waals surface area contributed by atoms with Crippen LogP contribution in [0.5, 0.6) is 0 Å². The van der Waals surface area contributed by atoms with E-state index in [-0.39, 0.29) is 11.5 Å². The fourth-order valence-electron chi connectivity index (χ4n) is 1.13. The number of sulfone groups is 1. The zero-order valence-corrected chi connectivity index (χ0v) is 11.3. The van der Waals surface area contributed by atoms with Gasteiger partial charge in [0.15, 0.2) is 9.84 Å². The molecule has 0 bridgehead atoms. The van der Waals surface area contributed by atoms with E-state index in [1.165, 1.54) is 0 Å². The van der Waals surface area contributed by atoms with Crippen LogP contribution >= 0.6 is 0 Å². The van der Waals surface area contributed by atoms with E-state index in [2.05, 4.69) is 10.2 Å². The number of methoxy groups -OCH3 is 1. The van der Waals surface area contributed by atoms with Crippen molar-refractivity contribution in [1.82, 2.24) is 10.2 Å². The van der Waals surface area contributed by atoms with Gasteiger partial charge in [-0.3, -0.25) is 0 Å². The van der Waals surface area contributed by atoms with Crippen LogP contribution in [0, 0.1) is 0 Å². The Labute approximate surface area is 99.1 Å². The van der Waals surface area contributed by atoms with Gasteiger partial charge in [-0.25, -0.2) is 8.42 Å². The molecule has 0 aliphatic carbocycles. The Hall–Kier alpha value is -0.170. The van der Waals surface area contributed by atoms with Crippen LogP contribution in [0.2, 0.25) is 0 Å². The first kappa shape index (κ1) is 15.8. The Bertz CT molecular complexity index is 255. The molecule has 0 aliphatic heterocycles. The molecule has 0 aromatic rings. The molecule has 98 valence electrons. The van der Waals surface area contributed by atoms with Crippen LogP contribution in [0.4, 0.5) is 0 Å². The smallest absolute Gasteiger partial charge is 0.151 e. The molecule has 0 aromatic carbocycles. The van der Waals surface area contributed by atoms with Crippen molar-refractivity contribution in [3.05, 3.63) is 0 Å². The van der Waals surface area contributed by atoms with Crippen LogP contribution in [0.15, 0.2) is 0 Å². The van der Waals surface area contributed by atoms with Crippen molar-refractivity contribution in [2.75, 3.05) is 58.4 Å². The molecule has 0 fully saturated rings. The molecule has 0 aliphatic rings. The minimum Gasteiger partial charge on any atom is -0.383 e. The van der Waals surface area contributed by atoms with E-state index < -0.39 is 9.84 Å². The van der Waals surface area contributed by atoms with Gasteiger partial charge in [0.1, 0.15) is 0 Å². The monoisotopic (exact) mass is 252 g/mol. The fourth-order valence-corrected chi connectivity index (χ4v) is 1.87. The molecular formula is C10H24N2O3S. The standard InChI is InChI=1S/C10H24N2O3S/c1-4-16(13,14)10-6-11-5-7-12(2)8-9-15-3/h11H,4-10H2,1-3H3. The third-order valence-corrected chi connectivity index (χ3v) is 4.08. The van der Waals surface area contributed by atoms with Gasteiger partial charge in [-0.1, -0.05) is 6.92 Å². The Morgan fingerprint density at radius 2 is 1.94 bits per heavy atom. The maximum Gasteiger partial charge on any atom is 0.151 e. The van der Waals surface area contributed by atoms with Crippen molar-refractivity contribution in [3.63, 3.8) is 0 Å². The van der Waals surface area contributed by atoms with Crippen LogP contribution < -0.4 is 5.32 Å². The van der Waals surface area contributed by atoms with Gasteiger partial charge in [0.05, 0.1) is 12.4 Å². The lowest BCUT2D eigenvalue weighted by atomic mass is 10.5. The molecule has 0 saturated heterocycles. The van der Waals surface area contributed by atoms with Crippen molar-refractivity contribution in [2.24, 2.45) is 0 Å². The Morgan fingerprint density at radius 3 is 2.50 bits per heavy atom. The molecule has 0 spiro atoms. The molecule has 6 heteroatoms. The summed E-state index contributed by atoms with van der Waals surface area (Å²) in [4.78, 5) is 2.14. The van der Waals surface area contributed by atoms with Gasteiger partial charge in [0.25, 0.3) is 0 Å². The highest BCUT2D eigenvalue weighted by Crippen LogP contribution is 1.87. The first-order valence-electron chi connectivity index (χ1n) is 5.60. The number of likely N-dealkylation sites (N-methyl/N-ethyl adjacent to an activating group) is 1. The molecule has 0 aromatic heterocycles. The van der Waals surface area contributed by atoms with E-state index in [0.29, 0.717) is 6.54 Å². The van der Waals surface area contributed by atoms with Crippen LogP contribution in [0.3, 0.4) is 0 Å². The number of hydrogen-bond acceptors (Lipinski definition) is 5. The predicted molar refractivity (Wildman–Crippen MR) is 66.6 cm³/mol. The second-order valence-electron chi connectivity index (χ2n) is 3.78. The van der Waals surface area contributed by atoms with Gasteiger partial charge >= 0.3 is 0 Å². The summed E-state index contributed by atoms with van der Waals surface area (Å²) in [5.41, 5.74) is 0. The number of nitrogens with one attached hydrogen (secondary N) is 1. The van der Waals surface area contributed by atoms with E-state index in [1.54, 1.807) is 14.0 Å². The lowest BCUT2D eigenvalue weighted by Crippen LogP contribution is -2.33. The Balaban J connectivity index is 3.40. The van der Waals surface area contributed by atoms with E-state index in [9.17, 15) is 8.42 Å². The SMILES string of the molecule is CCS(=O)(=O)CCNCCN(C)CCOC. The Kier molecular flexibility index (Phi) is 8.83. The van der Waals surface area contributed by atoms with E-state index >= 15 is 0 Å². The molecule has 0 heterocycles. The zero-order chi connectivity index (χ0) is 12.4. The van der Waals surface area contributed by atoms with E-state index in [4.69, 9.17) is 4.74 Å². The molecule has 0 rings (SSSR count). The van der Waals surface area contributed by atoms with E-state index in [0.717, 1.165) is 26.2 Å². The van der Waals surface area contributed by atoms with Gasteiger partial charge < -0.3 is 15.0 Å². The van der Waals surface area contributed by atoms with Crippen LogP contribution in [-0.4, -0.2) is 71.8 Å². The van der Waals surface area contributed by atoms with Gasteiger partial charge in [-0.2, -0.15) is 0 Å². The number of nitrogens with zero attached hydrogens (tertiary/aromatic N) is 1. The lowest BCUT2D eigenvalue weighted by Gasteiger charge is -2.16. The highest BCUT2D eigenvalue weighted by molar-refractivity contribution is 7.91. The minimum absolute atomic E-state index is 0.225. The molecule has 1 N–H and O–H groups in total. The molecule has 0 atom stereocenters. The van der Waals surface area contributed by atoms with Gasteiger partial charge in [-0.05, 0) is 7.05 Å². The predicted octanol–water partition coefficient (Wildman–Crippen LogP) is -0.411. The van der Waals surface area contributed by atoms with Crippen LogP contribution in [-0.2, 0) is 14.6 Å². The first-order chi connectivity index (χ1) is 7.52. The summed E-state index contributed by atoms with van der Waals surface area (Å²) in [7, 11) is 0.869. The lowest BCUT2D eigenvalue weighted by molar-refractivity contribution is 0.161. The van der Waals surface area contributed by atoms with Crippen molar-refractivity contribution in [2.45, 2.75) is 6.92 Å². The third-order valence-electron chi connectivity index (χ3n) is 2.38. The number of ether oxygens (including phenoxy) is 1. The van der Waals surface area contributed by atoms with E-state index in [1.807, 2.05) is 7.05 Å². The zero-order valence-electron chi connectivity index (χ0n) is 10.5. The topological polar surface area (TPSA) is 58.6 Å². The second kappa shape index (κ2) is 8.92. The van der Waals surface area contributed by atoms with Gasteiger partial charge in [-0.15, -0.1) is 0 Å². The first-order valence-corrected chi connectivity index (χ1v) is 7.42. The number of hydrogen-bond donors (Lipinski definition) is 1. The average molecular weight is 252 g/mol. The highest BCUT2D eigenvalue weighted by Gasteiger charge is 2.05. The molecular weight excluding hydrogens is 228 g/mol. The van der Waals surface area contributed by atoms with Gasteiger partial charge in [0.2, 0.25) is 0 Å². The van der Waals surface area contributed by atoms with Crippen molar-refractivity contribution < 1.29 is 13.2 Å². The Morgan fingerprint density at radius 1 is 1.25 bits per heavy atom. The fraction of sp³-hybridized carbons (Fsp3) is 1.00. The molecule has 0 unspecified atom stereocenters. The largest absolute Gasteiger partial charge is 0.383 e. The van der Waals surface area contributed by atoms with Crippen molar-refractivity contribution in [1.29, 1.82) is 0 Å². The third kappa shape index (κ3) is 9.08. The maximum absolute atomic E-state index is 11.2. The molecule has 0 radical (unpaired) electrons. The molecule has 5 nitrogen and oxygen atoms in total. The normalized spacial score (nSPS) is 12.2. The summed E-state index contributed by atoms with van der Waals surface area (Å²) in [5, 5.41) is 3.12. The van der Waals surface area contributed by atoms with Crippen LogP contribution in [0.1, 0.15) is 6.92 Å².